The maximum atomic E-state index is 11.9. The summed E-state index contributed by atoms with van der Waals surface area (Å²) in [4.78, 5) is 27.9. The van der Waals surface area contributed by atoms with Gasteiger partial charge in [-0.2, -0.15) is 0 Å². The van der Waals surface area contributed by atoms with Crippen molar-refractivity contribution in [3.05, 3.63) is 23.3 Å². The van der Waals surface area contributed by atoms with Crippen LogP contribution in [0.2, 0.25) is 0 Å². The van der Waals surface area contributed by atoms with Crippen molar-refractivity contribution in [3.8, 4) is 0 Å². The highest BCUT2D eigenvalue weighted by atomic mass is 32.2. The molecule has 0 N–H and O–H groups in total. The molecule has 1 fully saturated rings. The molecule has 0 amide bonds. The van der Waals surface area contributed by atoms with Crippen LogP contribution >= 0.6 is 11.8 Å². The monoisotopic (exact) mass is 233 g/mol. The number of carbonyl (C=O) groups excluding carboxylic acids is 2. The first kappa shape index (κ1) is 10.0. The van der Waals surface area contributed by atoms with Crippen molar-refractivity contribution >= 4 is 29.0 Å². The fourth-order valence-electron chi connectivity index (χ4n) is 2.63. The van der Waals surface area contributed by atoms with Crippen molar-refractivity contribution in [3.63, 3.8) is 0 Å². The molecule has 3 rings (SSSR count). The molecule has 0 saturated heterocycles. The summed E-state index contributed by atoms with van der Waals surface area (Å²) in [6, 6.07) is 0. The van der Waals surface area contributed by atoms with Crippen LogP contribution in [0, 0.1) is 5.41 Å². The molecule has 0 aromatic carbocycles. The fraction of sp³-hybridized carbons (Fsp3) is 0.417. The predicted molar refractivity (Wildman–Crippen MR) is 63.4 cm³/mol. The van der Waals surface area contributed by atoms with Gasteiger partial charge in [-0.3, -0.25) is 14.6 Å². The van der Waals surface area contributed by atoms with E-state index in [1.54, 1.807) is 18.0 Å². The standard InChI is InChI=1S/C12H11NO2S/c14-8-1-2-11-12(5-8)7-16-6-9(12)10(15)3-4-13-11/h3-4,6H,1-2,5,7H2. The number of thioether (sulfide) groups is 1. The number of hydrogen-bond donors (Lipinski definition) is 0. The summed E-state index contributed by atoms with van der Waals surface area (Å²) in [6.45, 7) is 0. The average molecular weight is 233 g/mol. The molecule has 1 spiro atoms. The number of rotatable bonds is 0. The van der Waals surface area contributed by atoms with Crippen molar-refractivity contribution in [2.45, 2.75) is 19.3 Å². The second kappa shape index (κ2) is 3.42. The zero-order chi connectivity index (χ0) is 11.2. The molecule has 2 aliphatic heterocycles. The lowest BCUT2D eigenvalue weighted by Crippen LogP contribution is -2.41. The topological polar surface area (TPSA) is 46.5 Å². The molecule has 1 unspecified atom stereocenters. The summed E-state index contributed by atoms with van der Waals surface area (Å²) in [5, 5.41) is 1.91. The lowest BCUT2D eigenvalue weighted by Gasteiger charge is -2.34. The van der Waals surface area contributed by atoms with E-state index in [4.69, 9.17) is 0 Å². The van der Waals surface area contributed by atoms with Crippen LogP contribution in [0.15, 0.2) is 28.2 Å². The zero-order valence-corrected chi connectivity index (χ0v) is 9.55. The van der Waals surface area contributed by atoms with Gasteiger partial charge in [0.1, 0.15) is 5.78 Å². The molecule has 0 bridgehead atoms. The van der Waals surface area contributed by atoms with Gasteiger partial charge in [-0.05, 0) is 11.8 Å². The molecule has 0 radical (unpaired) electrons. The van der Waals surface area contributed by atoms with Gasteiger partial charge < -0.3 is 0 Å². The number of nitrogens with zero attached hydrogens (tertiary/aromatic N) is 1. The lowest BCUT2D eigenvalue weighted by atomic mass is 9.68. The normalized spacial score (nSPS) is 32.8. The molecule has 4 heteroatoms. The first-order valence-corrected chi connectivity index (χ1v) is 6.39. The Balaban J connectivity index is 2.14. The van der Waals surface area contributed by atoms with Crippen LogP contribution in [-0.2, 0) is 9.59 Å². The molecule has 82 valence electrons. The van der Waals surface area contributed by atoms with Gasteiger partial charge in [0.15, 0.2) is 5.78 Å². The van der Waals surface area contributed by atoms with Crippen LogP contribution in [-0.4, -0.2) is 23.0 Å². The molecule has 1 atom stereocenters. The Bertz CT molecular complexity index is 475. The van der Waals surface area contributed by atoms with Gasteiger partial charge in [-0.1, -0.05) is 0 Å². The Morgan fingerprint density at radius 2 is 2.19 bits per heavy atom. The van der Waals surface area contributed by atoms with E-state index in [-0.39, 0.29) is 17.0 Å². The molecule has 1 aliphatic carbocycles. The second-order valence-corrected chi connectivity index (χ2v) is 5.25. The van der Waals surface area contributed by atoms with E-state index in [2.05, 4.69) is 4.99 Å². The Morgan fingerprint density at radius 1 is 1.31 bits per heavy atom. The Morgan fingerprint density at radius 3 is 3.06 bits per heavy atom. The van der Waals surface area contributed by atoms with Crippen molar-refractivity contribution < 1.29 is 9.59 Å². The molecular formula is C12H11NO2S. The fourth-order valence-corrected chi connectivity index (χ4v) is 3.93. The van der Waals surface area contributed by atoms with Gasteiger partial charge in [0.05, 0.1) is 5.41 Å². The molecule has 3 nitrogen and oxygen atoms in total. The van der Waals surface area contributed by atoms with Gasteiger partial charge in [-0.25, -0.2) is 0 Å². The number of hydrogen-bond acceptors (Lipinski definition) is 4. The van der Waals surface area contributed by atoms with E-state index < -0.39 is 0 Å². The van der Waals surface area contributed by atoms with Crippen LogP contribution in [0.1, 0.15) is 19.3 Å². The molecule has 0 aromatic heterocycles. The SMILES string of the molecule is O=C1CCC2=NC=CC(=O)C3=CSCC32C1. The van der Waals surface area contributed by atoms with E-state index >= 15 is 0 Å². The van der Waals surface area contributed by atoms with E-state index in [1.807, 2.05) is 5.41 Å². The first-order chi connectivity index (χ1) is 7.72. The van der Waals surface area contributed by atoms with E-state index in [0.717, 1.165) is 17.0 Å². The summed E-state index contributed by atoms with van der Waals surface area (Å²) in [5.74, 6) is 1.06. The Labute approximate surface area is 97.7 Å². The highest BCUT2D eigenvalue weighted by Crippen LogP contribution is 2.48. The van der Waals surface area contributed by atoms with Crippen LogP contribution in [0.5, 0.6) is 0 Å². The number of Topliss-reactive ketones (excluding diaryl/α,β-unsaturated/α-hetero) is 1. The molecular weight excluding hydrogens is 222 g/mol. The largest absolute Gasteiger partial charge is 0.300 e. The minimum atomic E-state index is -0.374. The molecule has 16 heavy (non-hydrogen) atoms. The van der Waals surface area contributed by atoms with Gasteiger partial charge in [-0.15, -0.1) is 11.8 Å². The van der Waals surface area contributed by atoms with Crippen molar-refractivity contribution in [2.75, 3.05) is 5.75 Å². The molecule has 2 heterocycles. The first-order valence-electron chi connectivity index (χ1n) is 5.34. The Kier molecular flexibility index (Phi) is 2.14. The third-order valence-electron chi connectivity index (χ3n) is 3.46. The smallest absolute Gasteiger partial charge is 0.184 e. The van der Waals surface area contributed by atoms with Gasteiger partial charge in [0.25, 0.3) is 0 Å². The van der Waals surface area contributed by atoms with E-state index in [1.165, 1.54) is 6.08 Å². The van der Waals surface area contributed by atoms with Gasteiger partial charge >= 0.3 is 0 Å². The van der Waals surface area contributed by atoms with Crippen LogP contribution in [0.3, 0.4) is 0 Å². The van der Waals surface area contributed by atoms with Gasteiger partial charge in [0, 0.05) is 42.2 Å². The number of allylic oxidation sites excluding steroid dienone is 2. The summed E-state index contributed by atoms with van der Waals surface area (Å²) in [7, 11) is 0. The molecule has 3 aliphatic rings. The van der Waals surface area contributed by atoms with Crippen LogP contribution in [0.25, 0.3) is 0 Å². The van der Waals surface area contributed by atoms with Gasteiger partial charge in [0.2, 0.25) is 0 Å². The number of carbonyl (C=O) groups is 2. The quantitative estimate of drug-likeness (QED) is 0.642. The summed E-state index contributed by atoms with van der Waals surface area (Å²) < 4.78 is 0. The third-order valence-corrected chi connectivity index (χ3v) is 4.52. The maximum Gasteiger partial charge on any atom is 0.184 e. The molecule has 1 saturated carbocycles. The predicted octanol–water partition coefficient (Wildman–Crippen LogP) is 1.89. The average Bonchev–Trinajstić information content (AvgIpc) is 2.60. The second-order valence-electron chi connectivity index (χ2n) is 4.40. The minimum absolute atomic E-state index is 0.0125. The minimum Gasteiger partial charge on any atom is -0.300 e. The number of ketones is 2. The van der Waals surface area contributed by atoms with Crippen molar-refractivity contribution in [2.24, 2.45) is 10.4 Å². The zero-order valence-electron chi connectivity index (χ0n) is 8.73. The van der Waals surface area contributed by atoms with E-state index in [9.17, 15) is 9.59 Å². The van der Waals surface area contributed by atoms with E-state index in [0.29, 0.717) is 19.3 Å². The summed E-state index contributed by atoms with van der Waals surface area (Å²) in [5.41, 5.74) is 1.42. The Hall–Kier alpha value is -1.16. The summed E-state index contributed by atoms with van der Waals surface area (Å²) >= 11 is 1.62. The lowest BCUT2D eigenvalue weighted by molar-refractivity contribution is -0.120. The summed E-state index contributed by atoms with van der Waals surface area (Å²) in [6.07, 6.45) is 4.82. The van der Waals surface area contributed by atoms with Crippen molar-refractivity contribution in [1.82, 2.24) is 0 Å². The number of aliphatic imine (C=N–C) groups is 1. The molecule has 0 aromatic rings. The van der Waals surface area contributed by atoms with Crippen LogP contribution < -0.4 is 0 Å². The maximum absolute atomic E-state index is 11.9. The highest BCUT2D eigenvalue weighted by molar-refractivity contribution is 8.02. The van der Waals surface area contributed by atoms with Crippen molar-refractivity contribution in [1.29, 1.82) is 0 Å². The third kappa shape index (κ3) is 1.26. The van der Waals surface area contributed by atoms with Crippen LogP contribution in [0.4, 0.5) is 0 Å². The highest BCUT2D eigenvalue weighted by Gasteiger charge is 2.48.